The molecule has 1 aliphatic rings. The summed E-state index contributed by atoms with van der Waals surface area (Å²) in [5, 5.41) is 10.3. The van der Waals surface area contributed by atoms with Gasteiger partial charge in [0.15, 0.2) is 5.60 Å². The zero-order valence-electron chi connectivity index (χ0n) is 11.8. The second-order valence-corrected chi connectivity index (χ2v) is 6.30. The fraction of sp³-hybridized carbons (Fsp3) is 0.467. The van der Waals surface area contributed by atoms with Crippen LogP contribution in [-0.2, 0) is 9.53 Å². The van der Waals surface area contributed by atoms with E-state index in [1.54, 1.807) is 24.0 Å². The van der Waals surface area contributed by atoms with Crippen LogP contribution >= 0.6 is 22.6 Å². The first-order chi connectivity index (χ1) is 9.96. The molecule has 1 aliphatic heterocycles. The van der Waals surface area contributed by atoms with Gasteiger partial charge in [0, 0.05) is 35.1 Å². The predicted octanol–water partition coefficient (Wildman–Crippen LogP) is 1.82. The lowest BCUT2D eigenvalue weighted by atomic mass is 9.91. The molecule has 0 saturated carbocycles. The fourth-order valence-electron chi connectivity index (χ4n) is 2.32. The fourth-order valence-corrected chi connectivity index (χ4v) is 2.68. The number of piperidine rings is 1. The SMILES string of the molecule is CCOC(=O)C1(O)CCN(C(=O)c2ccc(I)cc2)CC1. The summed E-state index contributed by atoms with van der Waals surface area (Å²) in [7, 11) is 0. The minimum Gasteiger partial charge on any atom is -0.464 e. The molecular weight excluding hydrogens is 385 g/mol. The number of aliphatic hydroxyl groups is 1. The van der Waals surface area contributed by atoms with Gasteiger partial charge in [0.2, 0.25) is 0 Å². The third kappa shape index (κ3) is 3.74. The van der Waals surface area contributed by atoms with Gasteiger partial charge in [-0.2, -0.15) is 0 Å². The predicted molar refractivity (Wildman–Crippen MR) is 85.9 cm³/mol. The highest BCUT2D eigenvalue weighted by Gasteiger charge is 2.41. The molecule has 1 amide bonds. The smallest absolute Gasteiger partial charge is 0.338 e. The molecule has 0 aromatic heterocycles. The summed E-state index contributed by atoms with van der Waals surface area (Å²) in [4.78, 5) is 25.7. The molecule has 1 fully saturated rings. The number of hydrogen-bond acceptors (Lipinski definition) is 4. The van der Waals surface area contributed by atoms with Crippen LogP contribution in [0.4, 0.5) is 0 Å². The van der Waals surface area contributed by atoms with Gasteiger partial charge in [-0.1, -0.05) is 0 Å². The van der Waals surface area contributed by atoms with Crippen molar-refractivity contribution in [1.29, 1.82) is 0 Å². The Kier molecular flexibility index (Phi) is 5.21. The molecule has 0 radical (unpaired) electrons. The number of carbonyl (C=O) groups excluding carboxylic acids is 2. The molecule has 1 aromatic carbocycles. The van der Waals surface area contributed by atoms with E-state index in [1.165, 1.54) is 0 Å². The summed E-state index contributed by atoms with van der Waals surface area (Å²) in [5.41, 5.74) is -0.837. The zero-order chi connectivity index (χ0) is 15.5. The molecule has 1 N–H and O–H groups in total. The van der Waals surface area contributed by atoms with E-state index in [2.05, 4.69) is 22.6 Å². The van der Waals surface area contributed by atoms with Crippen LogP contribution in [0.15, 0.2) is 24.3 Å². The van der Waals surface area contributed by atoms with Crippen molar-refractivity contribution in [2.24, 2.45) is 0 Å². The van der Waals surface area contributed by atoms with Crippen LogP contribution in [0.3, 0.4) is 0 Å². The Morgan fingerprint density at radius 2 is 1.86 bits per heavy atom. The quantitative estimate of drug-likeness (QED) is 0.618. The number of amides is 1. The molecule has 114 valence electrons. The molecule has 1 heterocycles. The molecule has 0 spiro atoms. The first-order valence-corrected chi connectivity index (χ1v) is 7.98. The lowest BCUT2D eigenvalue weighted by molar-refractivity contribution is -0.169. The van der Waals surface area contributed by atoms with Crippen LogP contribution in [0.5, 0.6) is 0 Å². The molecular formula is C15H18INO4. The maximum absolute atomic E-state index is 12.3. The Balaban J connectivity index is 1.99. The van der Waals surface area contributed by atoms with Crippen molar-refractivity contribution in [3.05, 3.63) is 33.4 Å². The maximum atomic E-state index is 12.3. The van der Waals surface area contributed by atoms with Gasteiger partial charge < -0.3 is 14.7 Å². The number of benzene rings is 1. The summed E-state index contributed by atoms with van der Waals surface area (Å²) in [6.07, 6.45) is 0.421. The average molecular weight is 403 g/mol. The number of ether oxygens (including phenoxy) is 1. The molecule has 0 atom stereocenters. The number of hydrogen-bond donors (Lipinski definition) is 1. The van der Waals surface area contributed by atoms with E-state index in [9.17, 15) is 14.7 Å². The highest BCUT2D eigenvalue weighted by Crippen LogP contribution is 2.25. The van der Waals surface area contributed by atoms with Crippen molar-refractivity contribution in [3.8, 4) is 0 Å². The van der Waals surface area contributed by atoms with Crippen molar-refractivity contribution in [2.75, 3.05) is 19.7 Å². The highest BCUT2D eigenvalue weighted by molar-refractivity contribution is 14.1. The van der Waals surface area contributed by atoms with E-state index in [4.69, 9.17) is 4.74 Å². The Morgan fingerprint density at radius 1 is 1.29 bits per heavy atom. The Bertz CT molecular complexity index is 521. The van der Waals surface area contributed by atoms with Crippen LogP contribution < -0.4 is 0 Å². The van der Waals surface area contributed by atoms with Crippen LogP contribution in [0, 0.1) is 3.57 Å². The van der Waals surface area contributed by atoms with Gasteiger partial charge in [-0.3, -0.25) is 4.79 Å². The van der Waals surface area contributed by atoms with Crippen LogP contribution in [0.25, 0.3) is 0 Å². The minimum absolute atomic E-state index is 0.0719. The van der Waals surface area contributed by atoms with Crippen molar-refractivity contribution < 1.29 is 19.4 Å². The molecule has 21 heavy (non-hydrogen) atoms. The van der Waals surface area contributed by atoms with E-state index in [0.29, 0.717) is 18.7 Å². The van der Waals surface area contributed by atoms with Gasteiger partial charge in [0.05, 0.1) is 6.61 Å². The van der Waals surface area contributed by atoms with Crippen LogP contribution in [0.2, 0.25) is 0 Å². The number of carbonyl (C=O) groups is 2. The second kappa shape index (κ2) is 6.74. The number of rotatable bonds is 3. The lowest BCUT2D eigenvalue weighted by Gasteiger charge is -2.36. The summed E-state index contributed by atoms with van der Waals surface area (Å²) < 4.78 is 5.95. The summed E-state index contributed by atoms with van der Waals surface area (Å²) in [6.45, 7) is 2.64. The molecule has 0 bridgehead atoms. The van der Waals surface area contributed by atoms with Gasteiger partial charge >= 0.3 is 5.97 Å². The van der Waals surface area contributed by atoms with E-state index >= 15 is 0 Å². The molecule has 1 aromatic rings. The Hall–Kier alpha value is -1.15. The standard InChI is InChI=1S/C15H18INO4/c1-2-21-14(19)15(20)7-9-17(10-8-15)13(18)11-3-5-12(16)6-4-11/h3-6,20H,2,7-10H2,1H3. The van der Waals surface area contributed by atoms with Gasteiger partial charge in [0.25, 0.3) is 5.91 Å². The first-order valence-electron chi connectivity index (χ1n) is 6.91. The second-order valence-electron chi connectivity index (χ2n) is 5.05. The van der Waals surface area contributed by atoms with Gasteiger partial charge in [-0.05, 0) is 53.8 Å². The van der Waals surface area contributed by atoms with E-state index < -0.39 is 11.6 Å². The van der Waals surface area contributed by atoms with Crippen LogP contribution in [-0.4, -0.2) is 47.2 Å². The van der Waals surface area contributed by atoms with Gasteiger partial charge in [0.1, 0.15) is 0 Å². The van der Waals surface area contributed by atoms with Crippen molar-refractivity contribution >= 4 is 34.5 Å². The van der Waals surface area contributed by atoms with E-state index in [0.717, 1.165) is 3.57 Å². The molecule has 2 rings (SSSR count). The van der Waals surface area contributed by atoms with Gasteiger partial charge in [-0.15, -0.1) is 0 Å². The number of esters is 1. The van der Waals surface area contributed by atoms with Crippen LogP contribution in [0.1, 0.15) is 30.1 Å². The number of halogens is 1. The summed E-state index contributed by atoms with van der Waals surface area (Å²) >= 11 is 2.18. The third-order valence-electron chi connectivity index (χ3n) is 3.62. The Morgan fingerprint density at radius 3 is 2.38 bits per heavy atom. The highest BCUT2D eigenvalue weighted by atomic mass is 127. The third-order valence-corrected chi connectivity index (χ3v) is 4.34. The minimum atomic E-state index is -1.46. The Labute approximate surface area is 137 Å². The lowest BCUT2D eigenvalue weighted by Crippen LogP contribution is -2.51. The normalized spacial score (nSPS) is 17.4. The molecule has 6 heteroatoms. The summed E-state index contributed by atoms with van der Waals surface area (Å²) in [5.74, 6) is -0.663. The van der Waals surface area contributed by atoms with Crippen molar-refractivity contribution in [3.63, 3.8) is 0 Å². The largest absolute Gasteiger partial charge is 0.464 e. The number of likely N-dealkylation sites (tertiary alicyclic amines) is 1. The maximum Gasteiger partial charge on any atom is 0.338 e. The van der Waals surface area contributed by atoms with E-state index in [-0.39, 0.29) is 25.4 Å². The zero-order valence-corrected chi connectivity index (χ0v) is 14.0. The first kappa shape index (κ1) is 16.2. The van der Waals surface area contributed by atoms with E-state index in [1.807, 2.05) is 12.1 Å². The molecule has 0 aliphatic carbocycles. The summed E-state index contributed by atoms with van der Waals surface area (Å²) in [6, 6.07) is 7.34. The topological polar surface area (TPSA) is 66.8 Å². The van der Waals surface area contributed by atoms with Crippen molar-refractivity contribution in [1.82, 2.24) is 4.90 Å². The molecule has 0 unspecified atom stereocenters. The average Bonchev–Trinajstić information content (AvgIpc) is 2.48. The van der Waals surface area contributed by atoms with Gasteiger partial charge in [-0.25, -0.2) is 4.79 Å². The number of nitrogens with zero attached hydrogens (tertiary/aromatic N) is 1. The molecule has 1 saturated heterocycles. The van der Waals surface area contributed by atoms with Crippen molar-refractivity contribution in [2.45, 2.75) is 25.4 Å². The molecule has 5 nitrogen and oxygen atoms in total. The monoisotopic (exact) mass is 403 g/mol.